The number of nitrogens with zero attached hydrogens (tertiary/aromatic N) is 2. The van der Waals surface area contributed by atoms with Gasteiger partial charge >= 0.3 is 6.09 Å². The first-order chi connectivity index (χ1) is 13.3. The van der Waals surface area contributed by atoms with Crippen molar-refractivity contribution in [3.8, 4) is 5.75 Å². The number of fused-ring (bicyclic) bond motifs is 1. The molecule has 1 saturated heterocycles. The number of nitrogens with one attached hydrogen (secondary N) is 2. The van der Waals surface area contributed by atoms with Crippen LogP contribution in [-0.4, -0.2) is 59.4 Å². The number of hydrogen-bond acceptors (Lipinski definition) is 5. The zero-order valence-corrected chi connectivity index (χ0v) is 16.9. The number of carbonyl (C=O) groups is 2. The smallest absolute Gasteiger partial charge is 0.410 e. The Morgan fingerprint density at radius 1 is 1.29 bits per heavy atom. The van der Waals surface area contributed by atoms with Gasteiger partial charge in [0.1, 0.15) is 11.4 Å². The van der Waals surface area contributed by atoms with Crippen LogP contribution in [0.2, 0.25) is 0 Å². The maximum Gasteiger partial charge on any atom is 0.410 e. The summed E-state index contributed by atoms with van der Waals surface area (Å²) in [6.45, 7) is 7.42. The number of hydrogen-bond donors (Lipinski definition) is 2. The topological polar surface area (TPSA) is 96.5 Å². The minimum Gasteiger partial charge on any atom is -0.497 e. The molecule has 2 heterocycles. The quantitative estimate of drug-likeness (QED) is 0.839. The lowest BCUT2D eigenvalue weighted by molar-refractivity contribution is 0.0183. The third-order valence-electron chi connectivity index (χ3n) is 4.80. The molecule has 0 spiro atoms. The third kappa shape index (κ3) is 4.74. The van der Waals surface area contributed by atoms with Gasteiger partial charge in [0.25, 0.3) is 5.91 Å². The van der Waals surface area contributed by atoms with Gasteiger partial charge in [-0.1, -0.05) is 0 Å². The Kier molecular flexibility index (Phi) is 5.76. The van der Waals surface area contributed by atoms with E-state index in [0.29, 0.717) is 37.0 Å². The number of carbonyl (C=O) groups excluding carboxylic acids is 2. The van der Waals surface area contributed by atoms with E-state index in [1.54, 1.807) is 18.1 Å². The van der Waals surface area contributed by atoms with E-state index in [1.807, 2.05) is 32.9 Å². The van der Waals surface area contributed by atoms with E-state index in [2.05, 4.69) is 15.5 Å². The molecule has 1 fully saturated rings. The molecule has 8 nitrogen and oxygen atoms in total. The number of ether oxygens (including phenoxy) is 2. The van der Waals surface area contributed by atoms with Crippen LogP contribution in [0.5, 0.6) is 5.75 Å². The van der Waals surface area contributed by atoms with Crippen molar-refractivity contribution < 1.29 is 19.1 Å². The van der Waals surface area contributed by atoms with Crippen LogP contribution in [-0.2, 0) is 4.74 Å². The highest BCUT2D eigenvalue weighted by molar-refractivity contribution is 6.05. The van der Waals surface area contributed by atoms with E-state index in [-0.39, 0.29) is 12.0 Å². The molecule has 152 valence electrons. The predicted molar refractivity (Wildman–Crippen MR) is 106 cm³/mol. The monoisotopic (exact) mass is 388 g/mol. The molecule has 0 aliphatic carbocycles. The molecule has 1 aromatic carbocycles. The van der Waals surface area contributed by atoms with Crippen LogP contribution in [0.3, 0.4) is 0 Å². The van der Waals surface area contributed by atoms with Crippen molar-refractivity contribution in [1.82, 2.24) is 20.4 Å². The first kappa shape index (κ1) is 20.0. The molecule has 2 N–H and O–H groups in total. The molecule has 0 bridgehead atoms. The van der Waals surface area contributed by atoms with Gasteiger partial charge in [-0.2, -0.15) is 5.10 Å². The Hall–Kier alpha value is -2.77. The molecule has 2 aromatic rings. The number of benzene rings is 1. The Morgan fingerprint density at radius 2 is 2.00 bits per heavy atom. The molecule has 8 heteroatoms. The Morgan fingerprint density at radius 3 is 2.64 bits per heavy atom. The van der Waals surface area contributed by atoms with Crippen LogP contribution in [0.15, 0.2) is 18.2 Å². The Bertz CT molecular complexity index is 847. The molecule has 3 rings (SSSR count). The predicted octanol–water partition coefficient (Wildman–Crippen LogP) is 2.95. The number of amides is 2. The normalized spacial score (nSPS) is 15.5. The summed E-state index contributed by atoms with van der Waals surface area (Å²) in [6.07, 6.45) is 1.38. The highest BCUT2D eigenvalue weighted by atomic mass is 16.6. The summed E-state index contributed by atoms with van der Waals surface area (Å²) in [6, 6.07) is 5.46. The van der Waals surface area contributed by atoms with Gasteiger partial charge in [0, 0.05) is 25.0 Å². The van der Waals surface area contributed by atoms with E-state index >= 15 is 0 Å². The van der Waals surface area contributed by atoms with E-state index in [9.17, 15) is 9.59 Å². The summed E-state index contributed by atoms with van der Waals surface area (Å²) in [5.74, 6) is 0.786. The molecule has 0 radical (unpaired) electrons. The zero-order chi connectivity index (χ0) is 20.3. The lowest BCUT2D eigenvalue weighted by atomic mass is 9.97. The van der Waals surface area contributed by atoms with Crippen LogP contribution < -0.4 is 10.1 Å². The molecule has 1 aliphatic rings. The highest BCUT2D eigenvalue weighted by Gasteiger charge is 2.27. The third-order valence-corrected chi connectivity index (χ3v) is 4.80. The summed E-state index contributed by atoms with van der Waals surface area (Å²) in [7, 11) is 1.59. The van der Waals surface area contributed by atoms with Crippen LogP contribution >= 0.6 is 0 Å². The lowest BCUT2D eigenvalue weighted by Gasteiger charge is -2.33. The number of rotatable bonds is 4. The van der Waals surface area contributed by atoms with E-state index < -0.39 is 5.60 Å². The van der Waals surface area contributed by atoms with Gasteiger partial charge in [0.15, 0.2) is 5.69 Å². The van der Waals surface area contributed by atoms with Crippen molar-refractivity contribution in [3.63, 3.8) is 0 Å². The lowest BCUT2D eigenvalue weighted by Crippen LogP contribution is -2.43. The fraction of sp³-hybridized carbons (Fsp3) is 0.550. The standard InChI is InChI=1S/C20H28N4O4/c1-20(2,3)28-19(26)24-9-7-13(8-10-24)12-21-18(25)17-15-11-14(27-4)5-6-16(15)22-23-17/h5-6,11,13H,7-10,12H2,1-4H3,(H,21,25)(H,22,23). The molecular formula is C20H28N4O4. The van der Waals surface area contributed by atoms with Gasteiger partial charge in [-0.05, 0) is 57.7 Å². The molecule has 28 heavy (non-hydrogen) atoms. The molecule has 0 saturated carbocycles. The number of aromatic nitrogens is 2. The summed E-state index contributed by atoms with van der Waals surface area (Å²) in [5.41, 5.74) is 0.661. The molecule has 0 atom stereocenters. The van der Waals surface area contributed by atoms with E-state index in [0.717, 1.165) is 23.7 Å². The molecular weight excluding hydrogens is 360 g/mol. The summed E-state index contributed by atoms with van der Waals surface area (Å²) < 4.78 is 10.6. The molecule has 0 unspecified atom stereocenters. The maximum atomic E-state index is 12.6. The van der Waals surface area contributed by atoms with Crippen molar-refractivity contribution in [2.75, 3.05) is 26.7 Å². The van der Waals surface area contributed by atoms with Gasteiger partial charge in [0.2, 0.25) is 0 Å². The van der Waals surface area contributed by atoms with Gasteiger partial charge < -0.3 is 19.7 Å². The molecule has 2 amide bonds. The number of likely N-dealkylation sites (tertiary alicyclic amines) is 1. The first-order valence-electron chi connectivity index (χ1n) is 9.55. The van der Waals surface area contributed by atoms with Gasteiger partial charge in [-0.3, -0.25) is 9.89 Å². The summed E-state index contributed by atoms with van der Waals surface area (Å²) in [5, 5.41) is 10.7. The highest BCUT2D eigenvalue weighted by Crippen LogP contribution is 2.23. The number of methoxy groups -OCH3 is 1. The minimum atomic E-state index is -0.489. The SMILES string of the molecule is COc1ccc2[nH]nc(C(=O)NCC3CCN(C(=O)OC(C)(C)C)CC3)c2c1. The average Bonchev–Trinajstić information content (AvgIpc) is 3.08. The van der Waals surface area contributed by atoms with Crippen molar-refractivity contribution in [2.45, 2.75) is 39.2 Å². The largest absolute Gasteiger partial charge is 0.497 e. The van der Waals surface area contributed by atoms with Crippen molar-refractivity contribution >= 4 is 22.9 Å². The number of piperidine rings is 1. The van der Waals surface area contributed by atoms with E-state index in [1.165, 1.54) is 0 Å². The Labute approximate surface area is 164 Å². The summed E-state index contributed by atoms with van der Waals surface area (Å²) in [4.78, 5) is 26.4. The fourth-order valence-electron chi connectivity index (χ4n) is 3.26. The van der Waals surface area contributed by atoms with Crippen LogP contribution in [0, 0.1) is 5.92 Å². The van der Waals surface area contributed by atoms with Gasteiger partial charge in [-0.25, -0.2) is 4.79 Å². The van der Waals surface area contributed by atoms with Crippen molar-refractivity contribution in [3.05, 3.63) is 23.9 Å². The van der Waals surface area contributed by atoms with Crippen molar-refractivity contribution in [1.29, 1.82) is 0 Å². The second-order valence-electron chi connectivity index (χ2n) is 8.10. The minimum absolute atomic E-state index is 0.214. The number of H-pyrrole nitrogens is 1. The maximum absolute atomic E-state index is 12.6. The van der Waals surface area contributed by atoms with Crippen LogP contribution in [0.25, 0.3) is 10.9 Å². The van der Waals surface area contributed by atoms with Crippen molar-refractivity contribution in [2.24, 2.45) is 5.92 Å². The number of aromatic amines is 1. The van der Waals surface area contributed by atoms with Crippen LogP contribution in [0.1, 0.15) is 44.1 Å². The molecule has 1 aliphatic heterocycles. The Balaban J connectivity index is 1.52. The second-order valence-corrected chi connectivity index (χ2v) is 8.10. The molecule has 1 aromatic heterocycles. The fourth-order valence-corrected chi connectivity index (χ4v) is 3.26. The summed E-state index contributed by atoms with van der Waals surface area (Å²) >= 11 is 0. The van der Waals surface area contributed by atoms with Gasteiger partial charge in [-0.15, -0.1) is 0 Å². The average molecular weight is 388 g/mol. The zero-order valence-electron chi connectivity index (χ0n) is 16.9. The second kappa shape index (κ2) is 8.08. The first-order valence-corrected chi connectivity index (χ1v) is 9.55. The van der Waals surface area contributed by atoms with Gasteiger partial charge in [0.05, 0.1) is 12.6 Å². The van der Waals surface area contributed by atoms with E-state index in [4.69, 9.17) is 9.47 Å². The van der Waals surface area contributed by atoms with Crippen LogP contribution in [0.4, 0.5) is 4.79 Å².